The number of nitrogens with one attached hydrogen (secondary N) is 2. The van der Waals surface area contributed by atoms with Crippen LogP contribution in [0.5, 0.6) is 5.75 Å². The van der Waals surface area contributed by atoms with Gasteiger partial charge in [-0.1, -0.05) is 32.0 Å². The molecule has 2 rings (SSSR count). The van der Waals surface area contributed by atoms with Crippen molar-refractivity contribution in [2.45, 2.75) is 33.7 Å². The Morgan fingerprint density at radius 2 is 1.93 bits per heavy atom. The van der Waals surface area contributed by atoms with E-state index in [0.29, 0.717) is 25.7 Å². The Balaban J connectivity index is 1.78. The molecule has 7 heteroatoms. The number of para-hydroxylation sites is 1. The zero-order valence-electron chi connectivity index (χ0n) is 19.0. The van der Waals surface area contributed by atoms with Gasteiger partial charge in [-0.2, -0.15) is 0 Å². The standard InChI is InChI=1S/C23H40N4O3/c1-4-24-23(25-10-15-28-14-9-20(2)3)26-19-21-7-5-6-8-22(21)30-18-13-27-11-16-29-17-12-27/h5-8,20H,4,9-19H2,1-3H3,(H2,24,25,26). The van der Waals surface area contributed by atoms with Gasteiger partial charge in [-0.3, -0.25) is 4.90 Å². The van der Waals surface area contributed by atoms with E-state index in [0.717, 1.165) is 76.2 Å². The first kappa shape index (κ1) is 24.4. The van der Waals surface area contributed by atoms with Crippen molar-refractivity contribution in [3.05, 3.63) is 29.8 Å². The molecule has 0 atom stereocenters. The van der Waals surface area contributed by atoms with Crippen LogP contribution in [0.25, 0.3) is 0 Å². The minimum absolute atomic E-state index is 0.567. The Labute approximate surface area is 182 Å². The molecule has 170 valence electrons. The van der Waals surface area contributed by atoms with E-state index in [4.69, 9.17) is 19.2 Å². The highest BCUT2D eigenvalue weighted by atomic mass is 16.5. The molecule has 0 bridgehead atoms. The van der Waals surface area contributed by atoms with Crippen LogP contribution >= 0.6 is 0 Å². The lowest BCUT2D eigenvalue weighted by atomic mass is 10.1. The first-order valence-electron chi connectivity index (χ1n) is 11.3. The number of benzene rings is 1. The van der Waals surface area contributed by atoms with Crippen molar-refractivity contribution in [3.8, 4) is 5.75 Å². The zero-order chi connectivity index (χ0) is 21.4. The summed E-state index contributed by atoms with van der Waals surface area (Å²) in [7, 11) is 0. The SMILES string of the molecule is CCNC(=NCc1ccccc1OCCN1CCOCC1)NCCOCCC(C)C. The normalized spacial score (nSPS) is 15.4. The molecule has 2 N–H and O–H groups in total. The van der Waals surface area contributed by atoms with Gasteiger partial charge < -0.3 is 24.8 Å². The van der Waals surface area contributed by atoms with Crippen LogP contribution in [0.3, 0.4) is 0 Å². The van der Waals surface area contributed by atoms with E-state index in [1.165, 1.54) is 0 Å². The average molecular weight is 421 g/mol. The lowest BCUT2D eigenvalue weighted by Gasteiger charge is -2.26. The van der Waals surface area contributed by atoms with E-state index in [1.807, 2.05) is 18.2 Å². The molecule has 1 aliphatic heterocycles. The Morgan fingerprint density at radius 3 is 2.70 bits per heavy atom. The van der Waals surface area contributed by atoms with E-state index in [-0.39, 0.29) is 0 Å². The third-order valence-corrected chi connectivity index (χ3v) is 4.87. The highest BCUT2D eigenvalue weighted by Crippen LogP contribution is 2.19. The summed E-state index contributed by atoms with van der Waals surface area (Å²) in [5.74, 6) is 2.38. The molecular weight excluding hydrogens is 380 g/mol. The summed E-state index contributed by atoms with van der Waals surface area (Å²) in [6, 6.07) is 8.14. The van der Waals surface area contributed by atoms with E-state index in [9.17, 15) is 0 Å². The third kappa shape index (κ3) is 10.3. The Hall–Kier alpha value is -1.83. The fourth-order valence-electron chi connectivity index (χ4n) is 3.05. The maximum absolute atomic E-state index is 6.06. The lowest BCUT2D eigenvalue weighted by Crippen LogP contribution is -2.39. The molecule has 0 aliphatic carbocycles. The number of guanidine groups is 1. The smallest absolute Gasteiger partial charge is 0.191 e. The van der Waals surface area contributed by atoms with E-state index in [1.54, 1.807) is 0 Å². The molecule has 0 aromatic heterocycles. The van der Waals surface area contributed by atoms with Crippen LogP contribution in [-0.2, 0) is 16.0 Å². The topological polar surface area (TPSA) is 67.4 Å². The van der Waals surface area contributed by atoms with E-state index in [2.05, 4.69) is 42.4 Å². The summed E-state index contributed by atoms with van der Waals surface area (Å²) in [5.41, 5.74) is 1.09. The second kappa shape index (κ2) is 15.0. The van der Waals surface area contributed by atoms with Crippen molar-refractivity contribution < 1.29 is 14.2 Å². The second-order valence-electron chi connectivity index (χ2n) is 7.83. The summed E-state index contributed by atoms with van der Waals surface area (Å²) in [6.07, 6.45) is 1.09. The quantitative estimate of drug-likeness (QED) is 0.290. The zero-order valence-corrected chi connectivity index (χ0v) is 19.0. The van der Waals surface area contributed by atoms with Crippen molar-refractivity contribution >= 4 is 5.96 Å². The van der Waals surface area contributed by atoms with Crippen molar-refractivity contribution in [2.24, 2.45) is 10.9 Å². The van der Waals surface area contributed by atoms with Gasteiger partial charge >= 0.3 is 0 Å². The van der Waals surface area contributed by atoms with Crippen LogP contribution in [0.4, 0.5) is 0 Å². The summed E-state index contributed by atoms with van der Waals surface area (Å²) in [5, 5.41) is 6.63. The second-order valence-corrected chi connectivity index (χ2v) is 7.83. The molecule has 0 radical (unpaired) electrons. The van der Waals surface area contributed by atoms with Crippen LogP contribution in [0.1, 0.15) is 32.8 Å². The molecule has 1 aromatic carbocycles. The number of hydrogen-bond donors (Lipinski definition) is 2. The highest BCUT2D eigenvalue weighted by molar-refractivity contribution is 5.79. The van der Waals surface area contributed by atoms with Gasteiger partial charge in [0.2, 0.25) is 0 Å². The Kier molecular flexibility index (Phi) is 12.3. The molecule has 1 aromatic rings. The fourth-order valence-corrected chi connectivity index (χ4v) is 3.05. The van der Waals surface area contributed by atoms with Gasteiger partial charge in [0.25, 0.3) is 0 Å². The summed E-state index contributed by atoms with van der Waals surface area (Å²) in [6.45, 7) is 15.3. The maximum atomic E-state index is 6.06. The molecule has 30 heavy (non-hydrogen) atoms. The van der Waals surface area contributed by atoms with Gasteiger partial charge in [0, 0.05) is 44.9 Å². The molecule has 0 spiro atoms. The first-order chi connectivity index (χ1) is 14.7. The van der Waals surface area contributed by atoms with Crippen LogP contribution in [0.15, 0.2) is 29.3 Å². The third-order valence-electron chi connectivity index (χ3n) is 4.87. The number of ether oxygens (including phenoxy) is 3. The van der Waals surface area contributed by atoms with Crippen molar-refractivity contribution in [1.82, 2.24) is 15.5 Å². The minimum atomic E-state index is 0.567. The summed E-state index contributed by atoms with van der Waals surface area (Å²) < 4.78 is 17.1. The van der Waals surface area contributed by atoms with Gasteiger partial charge in [0.15, 0.2) is 5.96 Å². The van der Waals surface area contributed by atoms with Crippen molar-refractivity contribution in [1.29, 1.82) is 0 Å². The minimum Gasteiger partial charge on any atom is -0.492 e. The number of nitrogens with zero attached hydrogens (tertiary/aromatic N) is 2. The van der Waals surface area contributed by atoms with Crippen LogP contribution in [0.2, 0.25) is 0 Å². The van der Waals surface area contributed by atoms with Gasteiger partial charge in [-0.05, 0) is 25.3 Å². The molecule has 7 nitrogen and oxygen atoms in total. The molecule has 0 amide bonds. The molecule has 1 saturated heterocycles. The van der Waals surface area contributed by atoms with Crippen molar-refractivity contribution in [2.75, 3.05) is 65.8 Å². The monoisotopic (exact) mass is 420 g/mol. The van der Waals surface area contributed by atoms with Gasteiger partial charge in [-0.25, -0.2) is 4.99 Å². The first-order valence-corrected chi connectivity index (χ1v) is 11.3. The van der Waals surface area contributed by atoms with E-state index >= 15 is 0 Å². The van der Waals surface area contributed by atoms with Gasteiger partial charge in [-0.15, -0.1) is 0 Å². The van der Waals surface area contributed by atoms with Gasteiger partial charge in [0.1, 0.15) is 12.4 Å². The molecule has 0 saturated carbocycles. The summed E-state index contributed by atoms with van der Waals surface area (Å²) in [4.78, 5) is 7.10. The molecule has 1 aliphatic rings. The van der Waals surface area contributed by atoms with Crippen LogP contribution in [-0.4, -0.2) is 76.6 Å². The predicted molar refractivity (Wildman–Crippen MR) is 122 cm³/mol. The van der Waals surface area contributed by atoms with Crippen LogP contribution in [0, 0.1) is 5.92 Å². The Bertz CT molecular complexity index is 604. The number of rotatable bonds is 13. The molecular formula is C23H40N4O3. The lowest BCUT2D eigenvalue weighted by molar-refractivity contribution is 0.0322. The van der Waals surface area contributed by atoms with E-state index < -0.39 is 0 Å². The number of morpholine rings is 1. The van der Waals surface area contributed by atoms with Crippen molar-refractivity contribution in [3.63, 3.8) is 0 Å². The largest absolute Gasteiger partial charge is 0.492 e. The summed E-state index contributed by atoms with van der Waals surface area (Å²) >= 11 is 0. The average Bonchev–Trinajstić information content (AvgIpc) is 2.75. The number of aliphatic imine (C=N–C) groups is 1. The van der Waals surface area contributed by atoms with Gasteiger partial charge in [0.05, 0.1) is 26.4 Å². The predicted octanol–water partition coefficient (Wildman–Crippen LogP) is 2.52. The number of hydrogen-bond acceptors (Lipinski definition) is 5. The fraction of sp³-hybridized carbons (Fsp3) is 0.696. The molecule has 0 unspecified atom stereocenters. The maximum Gasteiger partial charge on any atom is 0.191 e. The van der Waals surface area contributed by atoms with Crippen LogP contribution < -0.4 is 15.4 Å². The molecule has 1 fully saturated rings. The highest BCUT2D eigenvalue weighted by Gasteiger charge is 2.10. The Morgan fingerprint density at radius 1 is 1.13 bits per heavy atom. The molecule has 1 heterocycles.